The molecule has 0 aromatic heterocycles. The SMILES string of the molecule is CC(=O)O[C@H]1C(=O)[C@@]2(C)C(C(OC(=O)c3ccccc3)[C@]3(O)C[C@H](OC(=O)[C@H](O)[C@@H](NC(=O)c4ccccc4)c4ccccc4)C(C)=C1C3(C)C)[C@]1(OC(C)=O)CO[C@@H]1C[C@@H]2OC(=O)[C@H](C)NC(=O)c1ccc(C(=O)O)c(C2=C3C=CC(=[N+]4CCC4)C=C3[Si](C)(C)c3cc(N4CCC4)ccc32)c1. The number of aliphatic hydroxyl groups is 2. The second-order valence-corrected chi connectivity index (χ2v) is 33.5. The average Bonchev–Trinajstić information content (AvgIpc) is 0.668. The fraction of sp³-hybridized carbons (Fsp3) is 0.392. The second-order valence-electron chi connectivity index (χ2n) is 29.2. The molecule has 23 heteroatoms. The van der Waals surface area contributed by atoms with E-state index in [0.717, 1.165) is 85.8 Å². The van der Waals surface area contributed by atoms with E-state index >= 15 is 14.4 Å². The highest BCUT2D eigenvalue weighted by Crippen LogP contribution is 2.65. The highest BCUT2D eigenvalue weighted by Gasteiger charge is 2.79. The predicted molar refractivity (Wildman–Crippen MR) is 375 cm³/mol. The molecular formula is C79H83N4O18Si+. The van der Waals surface area contributed by atoms with E-state index < -0.39 is 158 Å². The summed E-state index contributed by atoms with van der Waals surface area (Å²) in [6.07, 6.45) is -3.42. The molecule has 2 saturated carbocycles. The summed E-state index contributed by atoms with van der Waals surface area (Å²) in [5, 5.41) is 45.2. The molecule has 8 aliphatic rings. The number of hydrogen-bond acceptors (Lipinski definition) is 18. The number of esters is 5. The zero-order valence-electron chi connectivity index (χ0n) is 58.3. The number of Topliss-reactive ketones (excluding diaryl/α,β-unsaturated/α-hetero) is 1. The van der Waals surface area contributed by atoms with Crippen LogP contribution in [0, 0.1) is 16.7 Å². The summed E-state index contributed by atoms with van der Waals surface area (Å²) in [6.45, 7) is 17.2. The van der Waals surface area contributed by atoms with E-state index in [-0.39, 0.29) is 39.0 Å². The summed E-state index contributed by atoms with van der Waals surface area (Å²) in [4.78, 5) is 134. The molecule has 5 aromatic rings. The van der Waals surface area contributed by atoms with Crippen molar-refractivity contribution < 1.29 is 91.5 Å². The van der Waals surface area contributed by atoms with Gasteiger partial charge in [-0.05, 0) is 137 Å². The summed E-state index contributed by atoms with van der Waals surface area (Å²) in [6, 6.07) is 31.6. The molecule has 5 N–H and O–H groups in total. The van der Waals surface area contributed by atoms with Gasteiger partial charge in [0.1, 0.15) is 57.2 Å². The Balaban J connectivity index is 0.879. The van der Waals surface area contributed by atoms with Crippen LogP contribution in [0.1, 0.15) is 138 Å². The third-order valence-corrected chi connectivity index (χ3v) is 26.0. The maximum absolute atomic E-state index is 16.8. The monoisotopic (exact) mass is 1400 g/mol. The van der Waals surface area contributed by atoms with Gasteiger partial charge in [-0.25, -0.2) is 23.8 Å². The molecule has 5 aromatic carbocycles. The lowest BCUT2D eigenvalue weighted by molar-refractivity contribution is -0.582. The first kappa shape index (κ1) is 70.5. The zero-order chi connectivity index (χ0) is 72.7. The second kappa shape index (κ2) is 26.8. The van der Waals surface area contributed by atoms with Gasteiger partial charge in [-0.3, -0.25) is 24.0 Å². The van der Waals surface area contributed by atoms with Crippen LogP contribution >= 0.6 is 0 Å². The molecule has 0 spiro atoms. The Bertz CT molecular complexity index is 4500. The average molecular weight is 1400 g/mol. The van der Waals surface area contributed by atoms with Gasteiger partial charge < -0.3 is 59.3 Å². The standard InChI is InChI=1S/C79H82N4O18Si/c1-43-57(98-75(94)65(86)64(47-21-13-10-14-22-47)81-70(88)48-23-15-11-16-24-48)41-79(95)69(100-74(93)49-25-17-12-18-26-49)67-77(7,68(87)66(97-45(3)84)63(43)76(79,5)6)60(40-61-78(67,42-96-61)101-46(4)85)99-73(92)44(2)80-71(89)50-27-30-53(72(90)91)56(37-50)62-54-31-28-51(82-33-19-34-82)38-58(54)102(8,9)59-39-52(29-32-55(59)62)83-35-20-36-83/h10-18,21-32,37-39,44,57,60-61,64-67,69,86,95H,19-20,33-36,40-42H2,1-9H3,(H2-,80,81,88,89,90,91)/p+1/t44-,57-,60-,61+,64-,65+,66+,67?,69?,77+,78-,79+/m0/s1. The summed E-state index contributed by atoms with van der Waals surface area (Å²) >= 11 is 0. The number of carbonyl (C=O) groups is 9. The number of aromatic carboxylic acids is 1. The number of nitrogens with one attached hydrogen (secondary N) is 2. The first-order valence-electron chi connectivity index (χ1n) is 34.6. The number of amides is 2. The van der Waals surface area contributed by atoms with Crippen LogP contribution in [0.5, 0.6) is 0 Å². The van der Waals surface area contributed by atoms with E-state index in [1.807, 2.05) is 0 Å². The van der Waals surface area contributed by atoms with Crippen LogP contribution in [-0.4, -0.2) is 174 Å². The maximum atomic E-state index is 16.8. The normalized spacial score (nSPS) is 27.2. The Morgan fingerprint density at radius 1 is 0.735 bits per heavy atom. The minimum absolute atomic E-state index is 0.00155. The highest BCUT2D eigenvalue weighted by atomic mass is 28.3. The lowest BCUT2D eigenvalue weighted by atomic mass is 9.44. The molecule has 102 heavy (non-hydrogen) atoms. The van der Waals surface area contributed by atoms with Crippen molar-refractivity contribution in [3.63, 3.8) is 0 Å². The molecule has 4 aliphatic carbocycles. The topological polar surface area (TPSA) is 300 Å². The number of ketones is 1. The number of ether oxygens (including phenoxy) is 6. The van der Waals surface area contributed by atoms with Gasteiger partial charge in [0, 0.05) is 74.2 Å². The number of nitrogens with zero attached hydrogens (tertiary/aromatic N) is 2. The van der Waals surface area contributed by atoms with Gasteiger partial charge in [0.05, 0.1) is 41.5 Å². The number of rotatable bonds is 17. The van der Waals surface area contributed by atoms with Crippen LogP contribution in [0.25, 0.3) is 5.57 Å². The van der Waals surface area contributed by atoms with Crippen molar-refractivity contribution in [2.45, 2.75) is 147 Å². The Kier molecular flexibility index (Phi) is 18.5. The van der Waals surface area contributed by atoms with Crippen LogP contribution in [0.4, 0.5) is 5.69 Å². The number of carbonyl (C=O) groups excluding carboxylic acids is 8. The molecule has 4 heterocycles. The molecule has 530 valence electrons. The van der Waals surface area contributed by atoms with Crippen molar-refractivity contribution in [3.05, 3.63) is 206 Å². The number of anilines is 1. The van der Waals surface area contributed by atoms with Crippen LogP contribution in [0.15, 0.2) is 168 Å². The fourth-order valence-electron chi connectivity index (χ4n) is 16.6. The number of hydrogen-bond donors (Lipinski definition) is 5. The fourth-order valence-corrected chi connectivity index (χ4v) is 19.7. The number of aliphatic hydroxyl groups excluding tert-OH is 1. The quantitative estimate of drug-likeness (QED) is 0.0196. The van der Waals surface area contributed by atoms with Gasteiger partial charge in [0.25, 0.3) is 11.8 Å². The molecule has 12 atom stereocenters. The first-order valence-corrected chi connectivity index (χ1v) is 37.6. The van der Waals surface area contributed by atoms with Crippen molar-refractivity contribution >= 4 is 83.6 Å². The molecule has 0 radical (unpaired) electrons. The van der Waals surface area contributed by atoms with Crippen LogP contribution in [0.3, 0.4) is 0 Å². The van der Waals surface area contributed by atoms with Gasteiger partial charge in [-0.1, -0.05) is 99.7 Å². The molecule has 22 nitrogen and oxygen atoms in total. The molecule has 2 amide bonds. The minimum Gasteiger partial charge on any atom is -0.478 e. The highest BCUT2D eigenvalue weighted by molar-refractivity contribution is 6.98. The molecule has 4 aliphatic heterocycles. The molecule has 5 fully saturated rings. The smallest absolute Gasteiger partial charge is 0.338 e. The largest absolute Gasteiger partial charge is 0.478 e. The van der Waals surface area contributed by atoms with E-state index in [0.29, 0.717) is 11.1 Å². The van der Waals surface area contributed by atoms with Gasteiger partial charge in [0.15, 0.2) is 29.3 Å². The summed E-state index contributed by atoms with van der Waals surface area (Å²) < 4.78 is 40.6. The Hall–Kier alpha value is -9.94. The number of fused-ring (bicyclic) bond motifs is 7. The van der Waals surface area contributed by atoms with E-state index in [1.54, 1.807) is 78.9 Å². The molecule has 13 rings (SSSR count). The number of allylic oxidation sites excluding steroid dienone is 5. The molecule has 3 saturated heterocycles. The van der Waals surface area contributed by atoms with Crippen LogP contribution < -0.4 is 20.7 Å². The Morgan fingerprint density at radius 3 is 1.99 bits per heavy atom. The molecular weight excluding hydrogens is 1320 g/mol. The number of benzene rings is 5. The van der Waals surface area contributed by atoms with Crippen molar-refractivity contribution in [1.29, 1.82) is 0 Å². The summed E-state index contributed by atoms with van der Waals surface area (Å²) in [7, 11) is -2.50. The molecule has 2 unspecified atom stereocenters. The van der Waals surface area contributed by atoms with Gasteiger partial charge >= 0.3 is 35.8 Å². The van der Waals surface area contributed by atoms with E-state index in [1.165, 1.54) is 65.0 Å². The van der Waals surface area contributed by atoms with E-state index in [2.05, 4.69) is 69.6 Å². The first-order chi connectivity index (χ1) is 48.5. The van der Waals surface area contributed by atoms with Gasteiger partial charge in [-0.15, -0.1) is 0 Å². The minimum atomic E-state index is -2.60. The van der Waals surface area contributed by atoms with Gasteiger partial charge in [0.2, 0.25) is 0 Å². The third kappa shape index (κ3) is 12.0. The van der Waals surface area contributed by atoms with Crippen molar-refractivity contribution in [1.82, 2.24) is 10.6 Å². The third-order valence-electron chi connectivity index (χ3n) is 22.5. The summed E-state index contributed by atoms with van der Waals surface area (Å²) in [5.74, 6) is -10.8. The lowest BCUT2D eigenvalue weighted by Crippen LogP contribution is -2.82. The number of carboxylic acid groups (broad SMARTS) is 1. The van der Waals surface area contributed by atoms with Gasteiger partial charge in [-0.2, -0.15) is 0 Å². The molecule has 2 bridgehead atoms. The maximum Gasteiger partial charge on any atom is 0.338 e. The van der Waals surface area contributed by atoms with Crippen LogP contribution in [0.2, 0.25) is 13.1 Å². The number of carboxylic acids is 1. The Labute approximate surface area is 591 Å². The van der Waals surface area contributed by atoms with Crippen molar-refractivity contribution in [2.75, 3.05) is 37.7 Å². The summed E-state index contributed by atoms with van der Waals surface area (Å²) in [5.41, 5.74) is -3.64. The van der Waals surface area contributed by atoms with E-state index in [4.69, 9.17) is 28.4 Å². The Morgan fingerprint density at radius 2 is 1.39 bits per heavy atom. The van der Waals surface area contributed by atoms with Crippen molar-refractivity contribution in [3.8, 4) is 0 Å². The van der Waals surface area contributed by atoms with E-state index in [9.17, 15) is 44.1 Å². The predicted octanol–water partition coefficient (Wildman–Crippen LogP) is 7.64. The zero-order valence-corrected chi connectivity index (χ0v) is 59.3. The lowest BCUT2D eigenvalue weighted by Gasteiger charge is -2.67. The van der Waals surface area contributed by atoms with Crippen LogP contribution in [-0.2, 0) is 52.4 Å². The van der Waals surface area contributed by atoms with Crippen molar-refractivity contribution in [2.24, 2.45) is 16.7 Å².